The van der Waals surface area contributed by atoms with Crippen molar-refractivity contribution in [2.24, 2.45) is 0 Å². The quantitative estimate of drug-likeness (QED) is 0.119. The summed E-state index contributed by atoms with van der Waals surface area (Å²) < 4.78 is 0. The highest BCUT2D eigenvalue weighted by Crippen LogP contribution is 2.42. The van der Waals surface area contributed by atoms with Crippen LogP contribution in [0.4, 0.5) is 34.1 Å². The molecule has 72 heavy (non-hydrogen) atoms. The largest absolute Gasteiger partial charge is 0.310 e. The number of rotatable bonds is 11. The molecule has 0 fully saturated rings. The maximum absolute atomic E-state index is 2.33. The molecule has 2 nitrogen and oxygen atoms in total. The summed E-state index contributed by atoms with van der Waals surface area (Å²) in [6.45, 7) is 0. The highest BCUT2D eigenvalue weighted by molar-refractivity contribution is 6.05. The van der Waals surface area contributed by atoms with Gasteiger partial charge in [-0.3, -0.25) is 0 Å². The molecule has 2 heteroatoms. The van der Waals surface area contributed by atoms with Gasteiger partial charge >= 0.3 is 0 Å². The van der Waals surface area contributed by atoms with E-state index in [1.807, 2.05) is 0 Å². The summed E-state index contributed by atoms with van der Waals surface area (Å²) >= 11 is 0. The van der Waals surface area contributed by atoms with Gasteiger partial charge in [0.25, 0.3) is 0 Å². The molecule has 342 valence electrons. The Bertz CT molecular complexity index is 3690. The predicted molar refractivity (Wildman–Crippen MR) is 311 cm³/mol. The molecule has 0 aromatic heterocycles. The van der Waals surface area contributed by atoms with E-state index < -0.39 is 0 Å². The summed E-state index contributed by atoms with van der Waals surface area (Å²) in [7, 11) is 0. The van der Waals surface area contributed by atoms with E-state index in [4.69, 9.17) is 0 Å². The molecule has 0 amide bonds. The molecule has 0 spiro atoms. The third kappa shape index (κ3) is 9.84. The van der Waals surface area contributed by atoms with Crippen LogP contribution in [0, 0.1) is 0 Å². The van der Waals surface area contributed by atoms with Crippen LogP contribution < -0.4 is 9.80 Å². The van der Waals surface area contributed by atoms with E-state index in [9.17, 15) is 0 Å². The van der Waals surface area contributed by atoms with Crippen molar-refractivity contribution >= 4 is 90.7 Å². The topological polar surface area (TPSA) is 6.48 Å². The third-order valence-corrected chi connectivity index (χ3v) is 13.1. The number of nitrogens with zero attached hydrogens (tertiary/aromatic N) is 2. The van der Waals surface area contributed by atoms with Gasteiger partial charge in [-0.05, 0) is 116 Å². The molecule has 0 aliphatic heterocycles. The zero-order chi connectivity index (χ0) is 48.3. The number of benzene rings is 12. The first-order valence-corrected chi connectivity index (χ1v) is 24.6. The summed E-state index contributed by atoms with van der Waals surface area (Å²) in [5, 5.41) is 7.44. The Balaban J connectivity index is 0.000000156. The molecule has 12 rings (SSSR count). The SMILES string of the molecule is C(=C\c1ccc(N(c2ccccc2)c2ccccc2)c2ccccc12)/c1ccc(-c2ccccc2)cc1.C(=C\c1ccc(N(c2ccccc2)c2ccccc2)c2ccccc12)/c1cccc2ccccc12. The van der Waals surface area contributed by atoms with Crippen molar-refractivity contribution in [3.05, 3.63) is 313 Å². The van der Waals surface area contributed by atoms with Crippen LogP contribution in [0.15, 0.2) is 291 Å². The molecule has 0 aliphatic carbocycles. The predicted octanol–water partition coefficient (Wildman–Crippen LogP) is 19.8. The zero-order valence-corrected chi connectivity index (χ0v) is 39.9. The van der Waals surface area contributed by atoms with Crippen LogP contribution in [-0.2, 0) is 0 Å². The van der Waals surface area contributed by atoms with Crippen LogP contribution in [0.3, 0.4) is 0 Å². The van der Waals surface area contributed by atoms with Crippen molar-refractivity contribution < 1.29 is 0 Å². The number of anilines is 6. The van der Waals surface area contributed by atoms with Crippen LogP contribution in [-0.4, -0.2) is 0 Å². The maximum Gasteiger partial charge on any atom is 0.0540 e. The van der Waals surface area contributed by atoms with Gasteiger partial charge in [0.2, 0.25) is 0 Å². The molecule has 0 saturated carbocycles. The summed E-state index contributed by atoms with van der Waals surface area (Å²) in [6.07, 6.45) is 8.89. The van der Waals surface area contributed by atoms with E-state index in [1.54, 1.807) is 0 Å². The van der Waals surface area contributed by atoms with Crippen LogP contribution >= 0.6 is 0 Å². The fraction of sp³-hybridized carbons (Fsp3) is 0. The van der Waals surface area contributed by atoms with Crippen molar-refractivity contribution in [1.29, 1.82) is 0 Å². The standard InChI is InChI=1S/C36H27N.C34H25N/c1-4-12-29(13-5-1)30-23-20-28(21-24-30)22-25-31-26-27-36(35-19-11-10-18-34(31)35)37(32-14-6-2-7-15-32)33-16-8-3-9-17-33;1-3-15-29(16-4-1)35(30-17-5-2-6-18-30)34-25-24-28(32-20-9-10-21-33(32)34)23-22-27-14-11-13-26-12-7-8-19-31(26)27/h1-27H;1-25H/b25-22+;23-22+. The normalized spacial score (nSPS) is 11.2. The van der Waals surface area contributed by atoms with Crippen molar-refractivity contribution in [1.82, 2.24) is 0 Å². The van der Waals surface area contributed by atoms with Gasteiger partial charge in [-0.25, -0.2) is 0 Å². The van der Waals surface area contributed by atoms with E-state index >= 15 is 0 Å². The number of hydrogen-bond acceptors (Lipinski definition) is 2. The lowest BCUT2D eigenvalue weighted by atomic mass is 9.99. The van der Waals surface area contributed by atoms with Gasteiger partial charge in [-0.1, -0.05) is 255 Å². The lowest BCUT2D eigenvalue weighted by Crippen LogP contribution is -2.10. The molecule has 0 heterocycles. The molecule has 0 N–H and O–H groups in total. The summed E-state index contributed by atoms with van der Waals surface area (Å²) in [6, 6.07) is 103. The summed E-state index contributed by atoms with van der Waals surface area (Å²) in [5.74, 6) is 0. The highest BCUT2D eigenvalue weighted by atomic mass is 15.1. The molecule has 0 unspecified atom stereocenters. The smallest absolute Gasteiger partial charge is 0.0540 e. The Labute approximate surface area is 423 Å². The van der Waals surface area contributed by atoms with Gasteiger partial charge in [0.1, 0.15) is 0 Å². The van der Waals surface area contributed by atoms with E-state index in [1.165, 1.54) is 71.4 Å². The lowest BCUT2D eigenvalue weighted by Gasteiger charge is -2.27. The van der Waals surface area contributed by atoms with Gasteiger partial charge < -0.3 is 9.80 Å². The van der Waals surface area contributed by atoms with Crippen molar-refractivity contribution in [3.8, 4) is 11.1 Å². The summed E-state index contributed by atoms with van der Waals surface area (Å²) in [5.41, 5.74) is 14.2. The molecule has 0 aliphatic rings. The fourth-order valence-electron chi connectivity index (χ4n) is 9.63. The second kappa shape index (κ2) is 21.4. The first-order chi connectivity index (χ1) is 35.7. The van der Waals surface area contributed by atoms with Gasteiger partial charge in [0, 0.05) is 33.5 Å². The fourth-order valence-corrected chi connectivity index (χ4v) is 9.63. The second-order valence-corrected chi connectivity index (χ2v) is 17.7. The minimum Gasteiger partial charge on any atom is -0.310 e. The highest BCUT2D eigenvalue weighted by Gasteiger charge is 2.17. The average molecular weight is 921 g/mol. The van der Waals surface area contributed by atoms with Crippen molar-refractivity contribution in [2.45, 2.75) is 0 Å². The average Bonchev–Trinajstić information content (AvgIpc) is 3.46. The first kappa shape index (κ1) is 45.0. The van der Waals surface area contributed by atoms with E-state index in [0.717, 1.165) is 28.4 Å². The number of hydrogen-bond donors (Lipinski definition) is 0. The Morgan fingerprint density at radius 1 is 0.208 bits per heavy atom. The molecular formula is C70H52N2. The van der Waals surface area contributed by atoms with E-state index in [-0.39, 0.29) is 0 Å². The molecule has 0 radical (unpaired) electrons. The Morgan fingerprint density at radius 2 is 0.542 bits per heavy atom. The van der Waals surface area contributed by atoms with Crippen molar-refractivity contribution in [2.75, 3.05) is 9.80 Å². The van der Waals surface area contributed by atoms with Crippen LogP contribution in [0.5, 0.6) is 0 Å². The minimum absolute atomic E-state index is 1.14. The van der Waals surface area contributed by atoms with E-state index in [0.29, 0.717) is 0 Å². The third-order valence-electron chi connectivity index (χ3n) is 13.1. The van der Waals surface area contributed by atoms with Crippen LogP contribution in [0.1, 0.15) is 22.3 Å². The van der Waals surface area contributed by atoms with Gasteiger partial charge in [-0.2, -0.15) is 0 Å². The Kier molecular flexibility index (Phi) is 13.4. The van der Waals surface area contributed by atoms with Crippen LogP contribution in [0.25, 0.3) is 67.7 Å². The Hall–Kier alpha value is -9.50. The molecule has 0 saturated heterocycles. The first-order valence-electron chi connectivity index (χ1n) is 24.6. The van der Waals surface area contributed by atoms with Gasteiger partial charge in [0.05, 0.1) is 11.4 Å². The van der Waals surface area contributed by atoms with Gasteiger partial charge in [-0.15, -0.1) is 0 Å². The molecule has 0 bridgehead atoms. The molecular weight excluding hydrogens is 869 g/mol. The molecule has 0 atom stereocenters. The Morgan fingerprint density at radius 3 is 1.00 bits per heavy atom. The lowest BCUT2D eigenvalue weighted by molar-refractivity contribution is 1.30. The van der Waals surface area contributed by atoms with E-state index in [2.05, 4.69) is 325 Å². The van der Waals surface area contributed by atoms with Gasteiger partial charge in [0.15, 0.2) is 0 Å². The number of para-hydroxylation sites is 4. The van der Waals surface area contributed by atoms with Crippen LogP contribution in [0.2, 0.25) is 0 Å². The second-order valence-electron chi connectivity index (χ2n) is 17.7. The molecule has 12 aromatic rings. The number of fused-ring (bicyclic) bond motifs is 3. The summed E-state index contributed by atoms with van der Waals surface area (Å²) in [4.78, 5) is 4.67. The monoisotopic (exact) mass is 920 g/mol. The minimum atomic E-state index is 1.14. The molecule has 12 aromatic carbocycles. The van der Waals surface area contributed by atoms with Crippen molar-refractivity contribution in [3.63, 3.8) is 0 Å². The zero-order valence-electron chi connectivity index (χ0n) is 39.9. The maximum atomic E-state index is 2.33.